The largest absolute Gasteiger partial charge is 0.484 e. The number of nitrogens with zero attached hydrogens (tertiary/aromatic N) is 2. The third-order valence-corrected chi connectivity index (χ3v) is 4.54. The SMILES string of the molecule is Clc1ccc(-c2noc(-c3ccc(COc4ccccc4Cl)o3)n2)c(Cl)c1. The van der Waals surface area contributed by atoms with Crippen LogP contribution in [0.3, 0.4) is 0 Å². The van der Waals surface area contributed by atoms with Gasteiger partial charge in [-0.2, -0.15) is 4.98 Å². The lowest BCUT2D eigenvalue weighted by Gasteiger charge is -2.05. The molecule has 0 spiro atoms. The molecule has 0 atom stereocenters. The number of furan rings is 1. The second-order valence-corrected chi connectivity index (χ2v) is 6.78. The number of hydrogen-bond donors (Lipinski definition) is 0. The zero-order valence-corrected chi connectivity index (χ0v) is 15.9. The maximum Gasteiger partial charge on any atom is 0.293 e. The van der Waals surface area contributed by atoms with Crippen LogP contribution in [0.15, 0.2) is 63.5 Å². The Bertz CT molecular complexity index is 1090. The highest BCUT2D eigenvalue weighted by molar-refractivity contribution is 6.36. The van der Waals surface area contributed by atoms with E-state index < -0.39 is 0 Å². The monoisotopic (exact) mass is 420 g/mol. The number of rotatable bonds is 5. The minimum Gasteiger partial charge on any atom is -0.484 e. The lowest BCUT2D eigenvalue weighted by atomic mass is 10.2. The van der Waals surface area contributed by atoms with E-state index in [4.69, 9.17) is 48.5 Å². The van der Waals surface area contributed by atoms with Gasteiger partial charge in [-0.3, -0.25) is 0 Å². The Balaban J connectivity index is 1.50. The van der Waals surface area contributed by atoms with Crippen molar-refractivity contribution >= 4 is 34.8 Å². The smallest absolute Gasteiger partial charge is 0.293 e. The highest BCUT2D eigenvalue weighted by atomic mass is 35.5. The summed E-state index contributed by atoms with van der Waals surface area (Å²) in [5.41, 5.74) is 0.616. The standard InChI is InChI=1S/C19H11Cl3N2O3/c20-11-5-7-13(15(22)9-11)18-23-19(27-24-18)17-8-6-12(26-17)10-25-16-4-2-1-3-14(16)21/h1-9H,10H2. The fourth-order valence-corrected chi connectivity index (χ4v) is 3.07. The molecule has 0 amide bonds. The van der Waals surface area contributed by atoms with Crippen molar-refractivity contribution in [1.29, 1.82) is 0 Å². The van der Waals surface area contributed by atoms with E-state index in [-0.39, 0.29) is 12.5 Å². The van der Waals surface area contributed by atoms with Crippen molar-refractivity contribution in [3.05, 3.63) is 75.4 Å². The number of aromatic nitrogens is 2. The predicted octanol–water partition coefficient (Wildman–Crippen LogP) is 6.54. The topological polar surface area (TPSA) is 61.3 Å². The average molecular weight is 422 g/mol. The van der Waals surface area contributed by atoms with Gasteiger partial charge in [0.1, 0.15) is 18.1 Å². The van der Waals surface area contributed by atoms with Gasteiger partial charge >= 0.3 is 0 Å². The Labute approximate surface area is 169 Å². The molecule has 0 aliphatic heterocycles. The Hall–Kier alpha value is -2.47. The van der Waals surface area contributed by atoms with Gasteiger partial charge in [-0.15, -0.1) is 0 Å². The molecule has 0 aliphatic carbocycles. The fraction of sp³-hybridized carbons (Fsp3) is 0.0526. The number of para-hydroxylation sites is 1. The summed E-state index contributed by atoms with van der Waals surface area (Å²) < 4.78 is 16.6. The van der Waals surface area contributed by atoms with E-state index in [0.29, 0.717) is 43.7 Å². The van der Waals surface area contributed by atoms with E-state index in [1.165, 1.54) is 0 Å². The molecular formula is C19H11Cl3N2O3. The number of halogens is 3. The van der Waals surface area contributed by atoms with E-state index in [2.05, 4.69) is 10.1 Å². The van der Waals surface area contributed by atoms with Crippen LogP contribution < -0.4 is 4.74 Å². The van der Waals surface area contributed by atoms with Crippen molar-refractivity contribution in [1.82, 2.24) is 10.1 Å². The maximum atomic E-state index is 6.18. The molecule has 2 aromatic heterocycles. The van der Waals surface area contributed by atoms with Crippen LogP contribution in [0.5, 0.6) is 5.75 Å². The molecule has 0 saturated heterocycles. The molecule has 5 nitrogen and oxygen atoms in total. The highest BCUT2D eigenvalue weighted by Gasteiger charge is 2.16. The van der Waals surface area contributed by atoms with Crippen LogP contribution in [-0.2, 0) is 6.61 Å². The van der Waals surface area contributed by atoms with Crippen molar-refractivity contribution in [2.24, 2.45) is 0 Å². The molecule has 4 aromatic rings. The van der Waals surface area contributed by atoms with Gasteiger partial charge in [-0.25, -0.2) is 0 Å². The minimum absolute atomic E-state index is 0.216. The first kappa shape index (κ1) is 17.9. The van der Waals surface area contributed by atoms with Crippen LogP contribution >= 0.6 is 34.8 Å². The Morgan fingerprint density at radius 1 is 0.926 bits per heavy atom. The van der Waals surface area contributed by atoms with Crippen molar-refractivity contribution in [3.63, 3.8) is 0 Å². The van der Waals surface area contributed by atoms with Crippen LogP contribution in [0.4, 0.5) is 0 Å². The molecule has 0 fully saturated rings. The normalized spacial score (nSPS) is 10.9. The Morgan fingerprint density at radius 2 is 1.78 bits per heavy atom. The predicted molar refractivity (Wildman–Crippen MR) is 103 cm³/mol. The third kappa shape index (κ3) is 3.95. The van der Waals surface area contributed by atoms with Gasteiger partial charge < -0.3 is 13.7 Å². The first-order valence-electron chi connectivity index (χ1n) is 7.86. The lowest BCUT2D eigenvalue weighted by molar-refractivity contribution is 0.270. The van der Waals surface area contributed by atoms with E-state index in [1.807, 2.05) is 12.1 Å². The van der Waals surface area contributed by atoms with Crippen molar-refractivity contribution in [3.8, 4) is 28.8 Å². The summed E-state index contributed by atoms with van der Waals surface area (Å²) in [6.07, 6.45) is 0. The zero-order valence-electron chi connectivity index (χ0n) is 13.7. The molecule has 4 rings (SSSR count). The first-order valence-corrected chi connectivity index (χ1v) is 8.99. The second kappa shape index (κ2) is 7.64. The van der Waals surface area contributed by atoms with Crippen LogP contribution in [0.2, 0.25) is 15.1 Å². The van der Waals surface area contributed by atoms with Gasteiger partial charge in [0.15, 0.2) is 5.76 Å². The van der Waals surface area contributed by atoms with E-state index in [0.717, 1.165) is 0 Å². The summed E-state index contributed by atoms with van der Waals surface area (Å²) in [6, 6.07) is 15.8. The molecule has 27 heavy (non-hydrogen) atoms. The molecule has 0 N–H and O–H groups in total. The van der Waals surface area contributed by atoms with E-state index in [9.17, 15) is 0 Å². The van der Waals surface area contributed by atoms with E-state index in [1.54, 1.807) is 42.5 Å². The molecule has 2 heterocycles. The molecule has 0 radical (unpaired) electrons. The Morgan fingerprint density at radius 3 is 2.59 bits per heavy atom. The van der Waals surface area contributed by atoms with Gasteiger partial charge in [0.25, 0.3) is 5.89 Å². The quantitative estimate of drug-likeness (QED) is 0.366. The average Bonchev–Trinajstić information content (AvgIpc) is 3.30. The van der Waals surface area contributed by atoms with Crippen molar-refractivity contribution < 1.29 is 13.7 Å². The number of ether oxygens (including phenoxy) is 1. The summed E-state index contributed by atoms with van der Waals surface area (Å²) in [5, 5.41) is 5.44. The molecule has 0 unspecified atom stereocenters. The third-order valence-electron chi connectivity index (χ3n) is 3.68. The van der Waals surface area contributed by atoms with Gasteiger partial charge in [0.2, 0.25) is 5.82 Å². The van der Waals surface area contributed by atoms with Crippen LogP contribution in [-0.4, -0.2) is 10.1 Å². The zero-order chi connectivity index (χ0) is 18.8. The number of hydrogen-bond acceptors (Lipinski definition) is 5. The fourth-order valence-electron chi connectivity index (χ4n) is 2.38. The van der Waals surface area contributed by atoms with Crippen molar-refractivity contribution in [2.45, 2.75) is 6.61 Å². The molecular weight excluding hydrogens is 411 g/mol. The summed E-state index contributed by atoms with van der Waals surface area (Å²) in [4.78, 5) is 4.33. The molecule has 2 aromatic carbocycles. The maximum absolute atomic E-state index is 6.18. The molecule has 0 aliphatic rings. The molecule has 8 heteroatoms. The summed E-state index contributed by atoms with van der Waals surface area (Å²) in [6.45, 7) is 0.216. The minimum atomic E-state index is 0.216. The van der Waals surface area contributed by atoms with Gasteiger partial charge in [-0.1, -0.05) is 52.1 Å². The lowest BCUT2D eigenvalue weighted by Crippen LogP contribution is -1.93. The van der Waals surface area contributed by atoms with Gasteiger partial charge in [0.05, 0.1) is 10.0 Å². The van der Waals surface area contributed by atoms with Crippen LogP contribution in [0.25, 0.3) is 23.0 Å². The van der Waals surface area contributed by atoms with Crippen LogP contribution in [0.1, 0.15) is 5.76 Å². The summed E-state index contributed by atoms with van der Waals surface area (Å²) in [7, 11) is 0. The summed E-state index contributed by atoms with van der Waals surface area (Å²) in [5.74, 6) is 2.18. The molecule has 0 bridgehead atoms. The van der Waals surface area contributed by atoms with Gasteiger partial charge in [0, 0.05) is 10.6 Å². The molecule has 0 saturated carbocycles. The highest BCUT2D eigenvalue weighted by Crippen LogP contribution is 2.31. The van der Waals surface area contributed by atoms with Crippen LogP contribution in [0, 0.1) is 0 Å². The Kier molecular flexibility index (Phi) is 5.07. The first-order chi connectivity index (χ1) is 13.1. The molecule has 136 valence electrons. The number of benzene rings is 2. The van der Waals surface area contributed by atoms with Gasteiger partial charge in [-0.05, 0) is 42.5 Å². The second-order valence-electron chi connectivity index (χ2n) is 5.53. The van der Waals surface area contributed by atoms with Crippen molar-refractivity contribution in [2.75, 3.05) is 0 Å². The summed E-state index contributed by atoms with van der Waals surface area (Å²) >= 11 is 18.2. The van der Waals surface area contributed by atoms with E-state index >= 15 is 0 Å².